The molecule has 0 spiro atoms. The number of carbonyl (C=O) groups is 2. The zero-order valence-corrected chi connectivity index (χ0v) is 15.0. The molecule has 2 amide bonds. The van der Waals surface area contributed by atoms with E-state index < -0.39 is 0 Å². The van der Waals surface area contributed by atoms with Crippen LogP contribution in [-0.4, -0.2) is 24.9 Å². The predicted octanol–water partition coefficient (Wildman–Crippen LogP) is 3.41. The first-order chi connectivity index (χ1) is 11.7. The summed E-state index contributed by atoms with van der Waals surface area (Å²) in [5.74, 6) is 3.10. The smallest absolute Gasteiger partial charge is 0.220 e. The fraction of sp³-hybridized carbons (Fsp3) is 0.900. The van der Waals surface area contributed by atoms with E-state index in [9.17, 15) is 9.59 Å². The molecule has 3 aliphatic rings. The molecule has 136 valence electrons. The lowest BCUT2D eigenvalue weighted by Gasteiger charge is -2.30. The Morgan fingerprint density at radius 2 is 0.958 bits per heavy atom. The van der Waals surface area contributed by atoms with E-state index in [0.29, 0.717) is 23.7 Å². The average Bonchev–Trinajstić information content (AvgIpc) is 2.51. The van der Waals surface area contributed by atoms with Gasteiger partial charge in [0.05, 0.1) is 0 Å². The highest BCUT2D eigenvalue weighted by atomic mass is 16.2. The van der Waals surface area contributed by atoms with Gasteiger partial charge >= 0.3 is 0 Å². The number of amides is 2. The minimum absolute atomic E-state index is 0.255. The summed E-state index contributed by atoms with van der Waals surface area (Å²) < 4.78 is 0. The van der Waals surface area contributed by atoms with Gasteiger partial charge in [-0.1, -0.05) is 12.8 Å². The van der Waals surface area contributed by atoms with Crippen molar-refractivity contribution in [2.24, 2.45) is 23.7 Å². The van der Waals surface area contributed by atoms with Crippen molar-refractivity contribution in [3.63, 3.8) is 0 Å². The van der Waals surface area contributed by atoms with Crippen LogP contribution < -0.4 is 10.6 Å². The molecule has 0 aromatic carbocycles. The summed E-state index contributed by atoms with van der Waals surface area (Å²) in [7, 11) is 0. The van der Waals surface area contributed by atoms with Crippen LogP contribution in [0, 0.1) is 23.7 Å². The summed E-state index contributed by atoms with van der Waals surface area (Å²) in [4.78, 5) is 23.8. The molecule has 2 N–H and O–H groups in total. The van der Waals surface area contributed by atoms with E-state index in [0.717, 1.165) is 25.9 Å². The van der Waals surface area contributed by atoms with Gasteiger partial charge in [-0.2, -0.15) is 0 Å². The Morgan fingerprint density at radius 3 is 1.25 bits per heavy atom. The highest BCUT2D eigenvalue weighted by molar-refractivity contribution is 5.76. The second-order valence-corrected chi connectivity index (χ2v) is 8.50. The lowest BCUT2D eigenvalue weighted by Crippen LogP contribution is -2.36. The molecule has 4 nitrogen and oxygen atoms in total. The summed E-state index contributed by atoms with van der Waals surface area (Å²) in [6.45, 7) is 1.71. The summed E-state index contributed by atoms with van der Waals surface area (Å²) in [5, 5.41) is 6.28. The van der Waals surface area contributed by atoms with Crippen LogP contribution in [0.15, 0.2) is 0 Å². The summed E-state index contributed by atoms with van der Waals surface area (Å²) in [6.07, 6.45) is 13.8. The number of nitrogens with one attached hydrogen (secondary N) is 2. The van der Waals surface area contributed by atoms with Crippen molar-refractivity contribution in [1.82, 2.24) is 10.6 Å². The Labute approximate surface area is 146 Å². The maximum absolute atomic E-state index is 11.9. The third-order valence-electron chi connectivity index (χ3n) is 6.54. The second kappa shape index (κ2) is 8.87. The third-order valence-corrected chi connectivity index (χ3v) is 6.54. The lowest BCUT2D eigenvalue weighted by molar-refractivity contribution is -0.123. The standard InChI is InChI=1S/C20H34N2O2/c23-19(11-15-3-1-4-15)21-13-17-7-9-18(10-8-17)14-22-20(24)12-16-5-2-6-16/h15-18H,1-14H2,(H,21,23)(H,22,24). The predicted molar refractivity (Wildman–Crippen MR) is 95.4 cm³/mol. The molecule has 0 bridgehead atoms. The van der Waals surface area contributed by atoms with Gasteiger partial charge in [0.2, 0.25) is 11.8 Å². The van der Waals surface area contributed by atoms with Gasteiger partial charge in [-0.05, 0) is 75.0 Å². The summed E-state index contributed by atoms with van der Waals surface area (Å²) >= 11 is 0. The van der Waals surface area contributed by atoms with E-state index in [-0.39, 0.29) is 11.8 Å². The number of rotatable bonds is 8. The molecule has 0 aliphatic heterocycles. The molecule has 24 heavy (non-hydrogen) atoms. The fourth-order valence-electron chi connectivity index (χ4n) is 4.22. The summed E-state index contributed by atoms with van der Waals surface area (Å²) in [5.41, 5.74) is 0. The van der Waals surface area contributed by atoms with Crippen molar-refractivity contribution in [1.29, 1.82) is 0 Å². The first-order valence-electron chi connectivity index (χ1n) is 10.2. The largest absolute Gasteiger partial charge is 0.356 e. The van der Waals surface area contributed by atoms with Gasteiger partial charge in [-0.25, -0.2) is 0 Å². The molecule has 0 aromatic rings. The van der Waals surface area contributed by atoms with E-state index in [4.69, 9.17) is 0 Å². The van der Waals surface area contributed by atoms with Gasteiger partial charge in [0.25, 0.3) is 0 Å². The van der Waals surface area contributed by atoms with Crippen molar-refractivity contribution in [2.45, 2.75) is 77.0 Å². The highest BCUT2D eigenvalue weighted by Crippen LogP contribution is 2.31. The normalized spacial score (nSPS) is 27.8. The second-order valence-electron chi connectivity index (χ2n) is 8.50. The van der Waals surface area contributed by atoms with Crippen LogP contribution in [0.2, 0.25) is 0 Å². The molecule has 0 radical (unpaired) electrons. The molecular weight excluding hydrogens is 300 g/mol. The molecule has 0 atom stereocenters. The van der Waals surface area contributed by atoms with Crippen LogP contribution in [0.1, 0.15) is 77.0 Å². The minimum atomic E-state index is 0.255. The van der Waals surface area contributed by atoms with Crippen LogP contribution in [0.25, 0.3) is 0 Å². The SMILES string of the molecule is O=C(CC1CCC1)NCC1CCC(CNC(=O)CC2CCC2)CC1. The van der Waals surface area contributed by atoms with Crippen molar-refractivity contribution in [3.8, 4) is 0 Å². The Balaban J connectivity index is 1.22. The van der Waals surface area contributed by atoms with Crippen LogP contribution in [0.3, 0.4) is 0 Å². The molecule has 3 aliphatic carbocycles. The lowest BCUT2D eigenvalue weighted by atomic mass is 9.81. The summed E-state index contributed by atoms with van der Waals surface area (Å²) in [6, 6.07) is 0. The van der Waals surface area contributed by atoms with Crippen molar-refractivity contribution in [2.75, 3.05) is 13.1 Å². The van der Waals surface area contributed by atoms with Crippen LogP contribution in [0.5, 0.6) is 0 Å². The van der Waals surface area contributed by atoms with Gasteiger partial charge in [-0.3, -0.25) is 9.59 Å². The van der Waals surface area contributed by atoms with Gasteiger partial charge in [0, 0.05) is 25.9 Å². The topological polar surface area (TPSA) is 58.2 Å². The first-order valence-corrected chi connectivity index (χ1v) is 10.2. The number of carbonyl (C=O) groups excluding carboxylic acids is 2. The average molecular weight is 335 g/mol. The monoisotopic (exact) mass is 334 g/mol. The van der Waals surface area contributed by atoms with Crippen LogP contribution >= 0.6 is 0 Å². The Kier molecular flexibility index (Phi) is 6.56. The van der Waals surface area contributed by atoms with E-state index in [1.807, 2.05) is 0 Å². The number of hydrogen-bond acceptors (Lipinski definition) is 2. The Morgan fingerprint density at radius 1 is 0.583 bits per heavy atom. The maximum Gasteiger partial charge on any atom is 0.220 e. The van der Waals surface area contributed by atoms with E-state index in [1.54, 1.807) is 0 Å². The molecule has 3 fully saturated rings. The zero-order valence-electron chi connectivity index (χ0n) is 15.0. The van der Waals surface area contributed by atoms with Gasteiger partial charge in [0.15, 0.2) is 0 Å². The van der Waals surface area contributed by atoms with Crippen molar-refractivity contribution < 1.29 is 9.59 Å². The highest BCUT2D eigenvalue weighted by Gasteiger charge is 2.25. The van der Waals surface area contributed by atoms with E-state index in [2.05, 4.69) is 10.6 Å². The molecule has 0 unspecified atom stereocenters. The van der Waals surface area contributed by atoms with E-state index >= 15 is 0 Å². The molecule has 0 saturated heterocycles. The maximum atomic E-state index is 11.9. The van der Waals surface area contributed by atoms with Crippen LogP contribution in [-0.2, 0) is 9.59 Å². The Hall–Kier alpha value is -1.06. The van der Waals surface area contributed by atoms with Crippen LogP contribution in [0.4, 0.5) is 0 Å². The van der Waals surface area contributed by atoms with E-state index in [1.165, 1.54) is 64.2 Å². The number of hydrogen-bond donors (Lipinski definition) is 2. The minimum Gasteiger partial charge on any atom is -0.356 e. The van der Waals surface area contributed by atoms with Gasteiger partial charge < -0.3 is 10.6 Å². The first kappa shape index (κ1) is 17.8. The fourth-order valence-corrected chi connectivity index (χ4v) is 4.22. The quantitative estimate of drug-likeness (QED) is 0.715. The Bertz CT molecular complexity index is 381. The van der Waals surface area contributed by atoms with Crippen molar-refractivity contribution >= 4 is 11.8 Å². The molecule has 0 aromatic heterocycles. The molecule has 3 saturated carbocycles. The zero-order chi connectivity index (χ0) is 16.8. The molecule has 4 heteroatoms. The van der Waals surface area contributed by atoms with Crippen molar-refractivity contribution in [3.05, 3.63) is 0 Å². The third kappa shape index (κ3) is 5.49. The van der Waals surface area contributed by atoms with Gasteiger partial charge in [0.1, 0.15) is 0 Å². The molecular formula is C20H34N2O2. The van der Waals surface area contributed by atoms with Gasteiger partial charge in [-0.15, -0.1) is 0 Å². The molecule has 3 rings (SSSR count). The molecule has 0 heterocycles.